The Bertz CT molecular complexity index is 167. The Balaban J connectivity index is 0. The summed E-state index contributed by atoms with van der Waals surface area (Å²) in [5, 5.41) is 0.273. The van der Waals surface area contributed by atoms with Crippen molar-refractivity contribution >= 4 is 28.9 Å². The van der Waals surface area contributed by atoms with E-state index >= 15 is 0 Å². The Labute approximate surface area is 112 Å². The van der Waals surface area contributed by atoms with Crippen molar-refractivity contribution in [3.05, 3.63) is 0 Å². The molecule has 0 radical (unpaired) electrons. The van der Waals surface area contributed by atoms with Crippen LogP contribution in [0.1, 0.15) is 33.6 Å². The molecule has 0 bridgehead atoms. The first-order valence-electron chi connectivity index (χ1n) is 4.12. The summed E-state index contributed by atoms with van der Waals surface area (Å²) in [4.78, 5) is 11.5. The molecule has 0 aromatic heterocycles. The van der Waals surface area contributed by atoms with E-state index in [0.29, 0.717) is 6.61 Å². The molecule has 6 heteroatoms. The van der Waals surface area contributed by atoms with Gasteiger partial charge in [-0.3, -0.25) is 0 Å². The summed E-state index contributed by atoms with van der Waals surface area (Å²) in [5.41, 5.74) is -2.78. The Kier molecular flexibility index (Phi) is 12.2. The number of rotatable bonds is 6. The molecule has 0 heterocycles. The van der Waals surface area contributed by atoms with Crippen LogP contribution in [0.15, 0.2) is 0 Å². The summed E-state index contributed by atoms with van der Waals surface area (Å²) in [6.45, 7) is 6.52. The zero-order chi connectivity index (χ0) is 9.61. The van der Waals surface area contributed by atoms with Gasteiger partial charge in [0, 0.05) is 10.9 Å². The predicted octanol–water partition coefficient (Wildman–Crippen LogP) is -0.466. The minimum absolute atomic E-state index is 0. The Hall–Kier alpha value is 1.92. The minimum Gasteiger partial charge on any atom is -0.793 e. The number of hydrogen-bond donors (Lipinski definition) is 0. The largest absolute Gasteiger partial charge is 1.00 e. The van der Waals surface area contributed by atoms with Crippen LogP contribution >= 0.6 is 17.1 Å². The fourth-order valence-corrected chi connectivity index (χ4v) is 5.27. The standard InChI is InChI=1S/C7H17O2PS2.Na/c1-4-5-6-9-10(8,11)12-7(2)3;/h7H,4-6H2,1-3H3,(H,8,11);/q;+1/p-1. The van der Waals surface area contributed by atoms with Crippen molar-refractivity contribution in [1.29, 1.82) is 0 Å². The smallest absolute Gasteiger partial charge is 0.793 e. The fourth-order valence-electron chi connectivity index (χ4n) is 0.609. The van der Waals surface area contributed by atoms with Crippen LogP contribution in [0.4, 0.5) is 0 Å². The molecule has 0 saturated carbocycles. The van der Waals surface area contributed by atoms with Gasteiger partial charge in [-0.05, 0) is 6.42 Å². The molecular formula is C7H16NaO2PS2. The van der Waals surface area contributed by atoms with Crippen LogP contribution in [-0.2, 0) is 16.3 Å². The Morgan fingerprint density at radius 1 is 1.54 bits per heavy atom. The molecule has 0 rings (SSSR count). The molecule has 0 aromatic rings. The van der Waals surface area contributed by atoms with Crippen molar-refractivity contribution < 1.29 is 39.0 Å². The second-order valence-corrected chi connectivity index (χ2v) is 9.30. The van der Waals surface area contributed by atoms with Gasteiger partial charge >= 0.3 is 29.6 Å². The van der Waals surface area contributed by atoms with Crippen molar-refractivity contribution in [1.82, 2.24) is 0 Å². The van der Waals surface area contributed by atoms with Crippen LogP contribution in [0.5, 0.6) is 0 Å². The van der Waals surface area contributed by atoms with E-state index in [-0.39, 0.29) is 34.8 Å². The third kappa shape index (κ3) is 11.8. The van der Waals surface area contributed by atoms with Gasteiger partial charge in [-0.1, -0.05) is 39.0 Å². The van der Waals surface area contributed by atoms with E-state index < -0.39 is 5.69 Å². The van der Waals surface area contributed by atoms with Gasteiger partial charge in [0.1, 0.15) is 0 Å². The molecule has 1 unspecified atom stereocenters. The summed E-state index contributed by atoms with van der Waals surface area (Å²) in [7, 11) is 0. The van der Waals surface area contributed by atoms with Crippen LogP contribution < -0.4 is 34.5 Å². The molecule has 0 saturated heterocycles. The molecule has 74 valence electrons. The quantitative estimate of drug-likeness (QED) is 0.362. The van der Waals surface area contributed by atoms with E-state index in [1.54, 1.807) is 0 Å². The Morgan fingerprint density at radius 3 is 2.46 bits per heavy atom. The van der Waals surface area contributed by atoms with Gasteiger partial charge in [0.15, 0.2) is 0 Å². The third-order valence-corrected chi connectivity index (χ3v) is 5.71. The SMILES string of the molecule is CCCCOP([O-])(=S)SC(C)C.[Na+]. The molecule has 0 N–H and O–H groups in total. The van der Waals surface area contributed by atoms with E-state index in [4.69, 9.17) is 16.3 Å². The fraction of sp³-hybridized carbons (Fsp3) is 1.00. The first-order valence-corrected chi connectivity index (χ1v) is 8.24. The summed E-state index contributed by atoms with van der Waals surface area (Å²) in [6, 6.07) is 0. The van der Waals surface area contributed by atoms with E-state index in [9.17, 15) is 4.89 Å². The zero-order valence-electron chi connectivity index (χ0n) is 8.78. The first-order chi connectivity index (χ1) is 5.48. The van der Waals surface area contributed by atoms with Gasteiger partial charge in [0.05, 0.1) is 6.61 Å². The number of hydrogen-bond acceptors (Lipinski definition) is 4. The van der Waals surface area contributed by atoms with Crippen LogP contribution in [0.25, 0.3) is 0 Å². The summed E-state index contributed by atoms with van der Waals surface area (Å²) in [5.74, 6) is 0. The maximum absolute atomic E-state index is 11.5. The molecule has 0 aliphatic carbocycles. The first kappa shape index (κ1) is 17.3. The van der Waals surface area contributed by atoms with E-state index in [0.717, 1.165) is 12.8 Å². The van der Waals surface area contributed by atoms with Crippen molar-refractivity contribution in [3.8, 4) is 0 Å². The van der Waals surface area contributed by atoms with Gasteiger partial charge in [-0.25, -0.2) is 0 Å². The Morgan fingerprint density at radius 2 is 2.08 bits per heavy atom. The second kappa shape index (κ2) is 9.17. The molecule has 0 aromatic carbocycles. The number of unbranched alkanes of at least 4 members (excludes halogenated alkanes) is 1. The maximum atomic E-state index is 11.5. The average molecular weight is 250 g/mol. The molecular weight excluding hydrogens is 234 g/mol. The third-order valence-electron chi connectivity index (χ3n) is 1.09. The van der Waals surface area contributed by atoms with Gasteiger partial charge in [-0.2, -0.15) is 0 Å². The van der Waals surface area contributed by atoms with E-state index in [1.807, 2.05) is 13.8 Å². The molecule has 0 aliphatic heterocycles. The predicted molar refractivity (Wildman–Crippen MR) is 57.9 cm³/mol. The molecule has 0 amide bonds. The minimum atomic E-state index is -2.78. The monoisotopic (exact) mass is 250 g/mol. The average Bonchev–Trinajstić information content (AvgIpc) is 1.84. The zero-order valence-corrected chi connectivity index (χ0v) is 13.3. The molecule has 13 heavy (non-hydrogen) atoms. The molecule has 2 nitrogen and oxygen atoms in total. The molecule has 0 aliphatic rings. The topological polar surface area (TPSA) is 32.3 Å². The van der Waals surface area contributed by atoms with Gasteiger partial charge < -0.3 is 9.42 Å². The van der Waals surface area contributed by atoms with Crippen LogP contribution in [0, 0.1) is 0 Å². The molecule has 0 fully saturated rings. The van der Waals surface area contributed by atoms with Crippen LogP contribution in [0.3, 0.4) is 0 Å². The van der Waals surface area contributed by atoms with E-state index in [2.05, 4.69) is 6.92 Å². The van der Waals surface area contributed by atoms with Crippen molar-refractivity contribution in [2.75, 3.05) is 6.61 Å². The van der Waals surface area contributed by atoms with Gasteiger partial charge in [0.25, 0.3) is 0 Å². The van der Waals surface area contributed by atoms with Crippen molar-refractivity contribution in [2.24, 2.45) is 0 Å². The molecule has 0 spiro atoms. The maximum Gasteiger partial charge on any atom is 1.00 e. The summed E-state index contributed by atoms with van der Waals surface area (Å²) >= 11 is 6.08. The van der Waals surface area contributed by atoms with Crippen LogP contribution in [0.2, 0.25) is 0 Å². The van der Waals surface area contributed by atoms with Crippen LogP contribution in [-0.4, -0.2) is 11.9 Å². The summed E-state index contributed by atoms with van der Waals surface area (Å²) in [6.07, 6.45) is 1.97. The van der Waals surface area contributed by atoms with Gasteiger partial charge in [0.2, 0.25) is 0 Å². The van der Waals surface area contributed by atoms with Gasteiger partial charge in [-0.15, -0.1) is 11.4 Å². The van der Waals surface area contributed by atoms with Crippen molar-refractivity contribution in [2.45, 2.75) is 38.9 Å². The normalized spacial score (nSPS) is 15.2. The second-order valence-electron chi connectivity index (χ2n) is 2.79. The van der Waals surface area contributed by atoms with E-state index in [1.165, 1.54) is 11.4 Å². The molecule has 1 atom stereocenters. The summed E-state index contributed by atoms with van der Waals surface area (Å²) < 4.78 is 5.11. The van der Waals surface area contributed by atoms with Crippen molar-refractivity contribution in [3.63, 3.8) is 0 Å².